The zero-order chi connectivity index (χ0) is 18.5. The summed E-state index contributed by atoms with van der Waals surface area (Å²) < 4.78 is 5.42. The molecule has 0 radical (unpaired) electrons. The van der Waals surface area contributed by atoms with Gasteiger partial charge >= 0.3 is 6.03 Å². The first-order chi connectivity index (χ1) is 12.6. The molecule has 6 heteroatoms. The van der Waals surface area contributed by atoms with Gasteiger partial charge in [-0.15, -0.1) is 0 Å². The van der Waals surface area contributed by atoms with Crippen molar-refractivity contribution in [1.29, 1.82) is 0 Å². The molecule has 0 aliphatic carbocycles. The van der Waals surface area contributed by atoms with Crippen LogP contribution in [0.5, 0.6) is 5.75 Å². The quantitative estimate of drug-likeness (QED) is 0.669. The third-order valence-corrected chi connectivity index (χ3v) is 4.57. The number of urea groups is 1. The Hall–Kier alpha value is -2.86. The maximum absolute atomic E-state index is 11.5. The van der Waals surface area contributed by atoms with Crippen LogP contribution >= 0.6 is 0 Å². The number of methoxy groups -OCH3 is 1. The molecule has 1 heterocycles. The van der Waals surface area contributed by atoms with E-state index >= 15 is 0 Å². The molecule has 2 aromatic rings. The molecule has 3 rings (SSSR count). The predicted octanol–water partition coefficient (Wildman–Crippen LogP) is 2.61. The Labute approximate surface area is 152 Å². The van der Waals surface area contributed by atoms with Crippen LogP contribution in [0.25, 0.3) is 11.1 Å². The summed E-state index contributed by atoms with van der Waals surface area (Å²) in [6.45, 7) is 2.71. The fourth-order valence-electron chi connectivity index (χ4n) is 3.06. The molecule has 6 nitrogen and oxygen atoms in total. The second kappa shape index (κ2) is 8.01. The fraction of sp³-hybridized carbons (Fsp3) is 0.300. The number of carbonyl (C=O) groups excluding carboxylic acids is 2. The smallest absolute Gasteiger partial charge is 0.322 e. The summed E-state index contributed by atoms with van der Waals surface area (Å²) in [5.41, 5.74) is 3.32. The number of amides is 3. The van der Waals surface area contributed by atoms with Crippen LogP contribution in [0.2, 0.25) is 0 Å². The molecular formula is C20H23N3O3. The van der Waals surface area contributed by atoms with E-state index in [4.69, 9.17) is 4.74 Å². The van der Waals surface area contributed by atoms with Gasteiger partial charge < -0.3 is 15.4 Å². The topological polar surface area (TPSA) is 79.5 Å². The SMILES string of the molecule is COc1ccccc1-c1ccc(C(C)NCCC2NC(=O)NC2=O)cc1. The highest BCUT2D eigenvalue weighted by molar-refractivity contribution is 6.04. The highest BCUT2D eigenvalue weighted by Gasteiger charge is 2.28. The van der Waals surface area contributed by atoms with E-state index in [-0.39, 0.29) is 11.9 Å². The first kappa shape index (κ1) is 17.9. The van der Waals surface area contributed by atoms with E-state index < -0.39 is 12.1 Å². The molecule has 0 saturated carbocycles. The maximum atomic E-state index is 11.5. The largest absolute Gasteiger partial charge is 0.496 e. The van der Waals surface area contributed by atoms with Crippen LogP contribution in [0.1, 0.15) is 24.9 Å². The van der Waals surface area contributed by atoms with E-state index in [2.05, 4.69) is 47.1 Å². The molecule has 1 fully saturated rings. The van der Waals surface area contributed by atoms with Crippen molar-refractivity contribution < 1.29 is 14.3 Å². The van der Waals surface area contributed by atoms with E-state index in [1.54, 1.807) is 7.11 Å². The second-order valence-corrected chi connectivity index (χ2v) is 6.30. The van der Waals surface area contributed by atoms with Crippen molar-refractivity contribution in [3.05, 3.63) is 54.1 Å². The number of para-hydroxylation sites is 1. The minimum Gasteiger partial charge on any atom is -0.496 e. The Morgan fingerprint density at radius 2 is 1.85 bits per heavy atom. The number of rotatable bonds is 7. The van der Waals surface area contributed by atoms with Gasteiger partial charge in [-0.2, -0.15) is 0 Å². The van der Waals surface area contributed by atoms with E-state index in [9.17, 15) is 9.59 Å². The number of hydrogen-bond acceptors (Lipinski definition) is 4. The van der Waals surface area contributed by atoms with Gasteiger partial charge in [0, 0.05) is 11.6 Å². The normalized spacial score (nSPS) is 17.5. The molecule has 2 aromatic carbocycles. The molecule has 2 atom stereocenters. The summed E-state index contributed by atoms with van der Waals surface area (Å²) in [6.07, 6.45) is 0.557. The lowest BCUT2D eigenvalue weighted by Gasteiger charge is -2.16. The van der Waals surface area contributed by atoms with Crippen LogP contribution in [0.15, 0.2) is 48.5 Å². The number of benzene rings is 2. The van der Waals surface area contributed by atoms with Crippen molar-refractivity contribution in [3.8, 4) is 16.9 Å². The molecular weight excluding hydrogens is 330 g/mol. The summed E-state index contributed by atoms with van der Waals surface area (Å²) in [6, 6.07) is 15.5. The monoisotopic (exact) mass is 353 g/mol. The van der Waals surface area contributed by atoms with Gasteiger partial charge in [0.15, 0.2) is 0 Å². The molecule has 26 heavy (non-hydrogen) atoms. The molecule has 0 bridgehead atoms. The average Bonchev–Trinajstić information content (AvgIpc) is 2.99. The second-order valence-electron chi connectivity index (χ2n) is 6.30. The van der Waals surface area contributed by atoms with Crippen LogP contribution in [0.4, 0.5) is 4.79 Å². The molecule has 3 amide bonds. The number of hydrogen-bond donors (Lipinski definition) is 3. The highest BCUT2D eigenvalue weighted by Crippen LogP contribution is 2.30. The molecule has 0 spiro atoms. The first-order valence-corrected chi connectivity index (χ1v) is 8.66. The Kier molecular flexibility index (Phi) is 5.53. The minimum absolute atomic E-state index is 0.141. The molecule has 1 saturated heterocycles. The van der Waals surface area contributed by atoms with Gasteiger partial charge in [0.1, 0.15) is 11.8 Å². The molecule has 136 valence electrons. The lowest BCUT2D eigenvalue weighted by molar-refractivity contribution is -0.120. The van der Waals surface area contributed by atoms with Crippen LogP contribution in [-0.4, -0.2) is 31.6 Å². The van der Waals surface area contributed by atoms with Gasteiger partial charge in [0.25, 0.3) is 5.91 Å². The van der Waals surface area contributed by atoms with E-state index in [1.165, 1.54) is 0 Å². The van der Waals surface area contributed by atoms with Gasteiger partial charge in [-0.25, -0.2) is 4.79 Å². The van der Waals surface area contributed by atoms with Crippen molar-refractivity contribution in [3.63, 3.8) is 0 Å². The average molecular weight is 353 g/mol. The Morgan fingerprint density at radius 1 is 1.12 bits per heavy atom. The van der Waals surface area contributed by atoms with E-state index in [1.807, 2.05) is 24.3 Å². The molecule has 3 N–H and O–H groups in total. The van der Waals surface area contributed by atoms with Gasteiger partial charge in [-0.1, -0.05) is 42.5 Å². The molecule has 0 aromatic heterocycles. The summed E-state index contributed by atoms with van der Waals surface area (Å²) in [5, 5.41) is 8.23. The van der Waals surface area contributed by atoms with Crippen molar-refractivity contribution in [2.45, 2.75) is 25.4 Å². The first-order valence-electron chi connectivity index (χ1n) is 8.66. The minimum atomic E-state index is -0.449. The zero-order valence-electron chi connectivity index (χ0n) is 14.9. The van der Waals surface area contributed by atoms with Crippen LogP contribution < -0.4 is 20.7 Å². The summed E-state index contributed by atoms with van der Waals surface area (Å²) in [5.74, 6) is 0.592. The van der Waals surface area contributed by atoms with Gasteiger partial charge in [0.05, 0.1) is 7.11 Å². The van der Waals surface area contributed by atoms with Crippen LogP contribution in [0.3, 0.4) is 0 Å². The van der Waals surface area contributed by atoms with E-state index in [0.29, 0.717) is 13.0 Å². The van der Waals surface area contributed by atoms with Gasteiger partial charge in [-0.3, -0.25) is 10.1 Å². The number of imide groups is 1. The number of ether oxygens (including phenoxy) is 1. The molecule has 1 aliphatic rings. The Bertz CT molecular complexity index is 789. The number of nitrogens with one attached hydrogen (secondary N) is 3. The Morgan fingerprint density at radius 3 is 2.50 bits per heavy atom. The van der Waals surface area contributed by atoms with Gasteiger partial charge in [-0.05, 0) is 37.1 Å². The Balaban J connectivity index is 1.58. The fourth-order valence-corrected chi connectivity index (χ4v) is 3.06. The third kappa shape index (κ3) is 4.03. The summed E-state index contributed by atoms with van der Waals surface area (Å²) in [4.78, 5) is 22.6. The van der Waals surface area contributed by atoms with Crippen molar-refractivity contribution in [1.82, 2.24) is 16.0 Å². The highest BCUT2D eigenvalue weighted by atomic mass is 16.5. The molecule has 2 unspecified atom stereocenters. The summed E-state index contributed by atoms with van der Waals surface area (Å²) >= 11 is 0. The molecule has 1 aliphatic heterocycles. The maximum Gasteiger partial charge on any atom is 0.322 e. The van der Waals surface area contributed by atoms with Crippen molar-refractivity contribution in [2.24, 2.45) is 0 Å². The zero-order valence-corrected chi connectivity index (χ0v) is 14.9. The van der Waals surface area contributed by atoms with Crippen LogP contribution in [-0.2, 0) is 4.79 Å². The predicted molar refractivity (Wildman–Crippen MR) is 99.9 cm³/mol. The van der Waals surface area contributed by atoms with Crippen molar-refractivity contribution in [2.75, 3.05) is 13.7 Å². The van der Waals surface area contributed by atoms with Gasteiger partial charge in [0.2, 0.25) is 0 Å². The number of carbonyl (C=O) groups is 2. The summed E-state index contributed by atoms with van der Waals surface area (Å²) in [7, 11) is 1.67. The third-order valence-electron chi connectivity index (χ3n) is 4.57. The van der Waals surface area contributed by atoms with Crippen molar-refractivity contribution >= 4 is 11.9 Å². The van der Waals surface area contributed by atoms with Crippen LogP contribution in [0, 0.1) is 0 Å². The lowest BCUT2D eigenvalue weighted by Crippen LogP contribution is -2.33. The lowest BCUT2D eigenvalue weighted by atomic mass is 10.0. The standard InChI is InChI=1S/C20H23N3O3/c1-13(21-12-11-17-19(24)23-20(25)22-17)14-7-9-15(10-8-14)16-5-3-4-6-18(16)26-2/h3-10,13,17,21H,11-12H2,1-2H3,(H2,22,23,24,25). The van der Waals surface area contributed by atoms with E-state index in [0.717, 1.165) is 22.4 Å².